The van der Waals surface area contributed by atoms with Crippen molar-refractivity contribution >= 4 is 11.8 Å². The minimum Gasteiger partial charge on any atom is -0.347 e. The van der Waals surface area contributed by atoms with Crippen LogP contribution in [0.5, 0.6) is 0 Å². The molecule has 1 atom stereocenters. The maximum absolute atomic E-state index is 12.3. The highest BCUT2D eigenvalue weighted by Gasteiger charge is 2.29. The molecular weight excluding hydrogens is 308 g/mol. The molecule has 1 saturated heterocycles. The van der Waals surface area contributed by atoms with Gasteiger partial charge in [-0.25, -0.2) is 0 Å². The average molecular weight is 326 g/mol. The molecule has 1 aliphatic carbocycles. The summed E-state index contributed by atoms with van der Waals surface area (Å²) in [6.07, 6.45) is 2.60. The van der Waals surface area contributed by atoms with Gasteiger partial charge in [-0.2, -0.15) is 4.98 Å². The number of amides is 2. The molecule has 0 spiro atoms. The van der Waals surface area contributed by atoms with Crippen molar-refractivity contribution in [1.82, 2.24) is 20.4 Å². The monoisotopic (exact) mass is 326 g/mol. The summed E-state index contributed by atoms with van der Waals surface area (Å²) in [4.78, 5) is 29.8. The third-order valence-corrected chi connectivity index (χ3v) is 4.45. The van der Waals surface area contributed by atoms with Gasteiger partial charge < -0.3 is 14.7 Å². The molecule has 4 rings (SSSR count). The van der Waals surface area contributed by atoms with Gasteiger partial charge in [0.15, 0.2) is 5.82 Å². The van der Waals surface area contributed by atoms with E-state index in [4.69, 9.17) is 4.52 Å². The van der Waals surface area contributed by atoms with Crippen LogP contribution in [0.15, 0.2) is 28.8 Å². The second-order valence-electron chi connectivity index (χ2n) is 6.46. The summed E-state index contributed by atoms with van der Waals surface area (Å²) < 4.78 is 5.28. The number of hydrogen-bond acceptors (Lipinski definition) is 5. The zero-order valence-corrected chi connectivity index (χ0v) is 13.4. The van der Waals surface area contributed by atoms with Crippen LogP contribution in [0.25, 0.3) is 11.5 Å². The third kappa shape index (κ3) is 2.89. The molecule has 2 fully saturated rings. The molecule has 7 heteroatoms. The van der Waals surface area contributed by atoms with Gasteiger partial charge in [0.25, 0.3) is 11.8 Å². The molecule has 2 aliphatic rings. The Morgan fingerprint density at radius 1 is 1.29 bits per heavy atom. The van der Waals surface area contributed by atoms with Crippen LogP contribution in [0.3, 0.4) is 0 Å². The maximum Gasteiger partial charge on any atom is 0.257 e. The van der Waals surface area contributed by atoms with Gasteiger partial charge in [0.1, 0.15) is 0 Å². The molecule has 2 aromatic rings. The van der Waals surface area contributed by atoms with E-state index in [9.17, 15) is 9.59 Å². The Kier molecular flexibility index (Phi) is 3.55. The Balaban J connectivity index is 1.43. The number of likely N-dealkylation sites (tertiary alicyclic amines) is 1. The summed E-state index contributed by atoms with van der Waals surface area (Å²) in [6.45, 7) is 0.550. The Bertz CT molecular complexity index is 779. The van der Waals surface area contributed by atoms with Gasteiger partial charge in [-0.05, 0) is 37.1 Å². The molecule has 1 N–H and O–H groups in total. The van der Waals surface area contributed by atoms with E-state index in [-0.39, 0.29) is 17.9 Å². The molecule has 0 bridgehead atoms. The standard InChI is InChI=1S/C17H18N4O3/c1-21-9-13(8-14(21)22)18-16(23)11-4-6-12(7-5-11)17-19-15(20-24-17)10-2-3-10/h4-7,10,13H,2-3,8-9H2,1H3,(H,18,23)/t13-/m0/s1. The smallest absolute Gasteiger partial charge is 0.257 e. The van der Waals surface area contributed by atoms with Crippen LogP contribution < -0.4 is 5.32 Å². The van der Waals surface area contributed by atoms with Gasteiger partial charge >= 0.3 is 0 Å². The van der Waals surface area contributed by atoms with Crippen LogP contribution in [0.4, 0.5) is 0 Å². The Labute approximate surface area is 139 Å². The SMILES string of the molecule is CN1C[C@@H](NC(=O)c2ccc(-c3nc(C4CC4)no3)cc2)CC1=O. The van der Waals surface area contributed by atoms with Gasteiger partial charge in [-0.15, -0.1) is 0 Å². The summed E-state index contributed by atoms with van der Waals surface area (Å²) in [5.74, 6) is 1.56. The fourth-order valence-corrected chi connectivity index (χ4v) is 2.85. The number of rotatable bonds is 4. The Hall–Kier alpha value is -2.70. The Morgan fingerprint density at radius 3 is 2.67 bits per heavy atom. The lowest BCUT2D eigenvalue weighted by molar-refractivity contribution is -0.126. The number of nitrogens with zero attached hydrogens (tertiary/aromatic N) is 3. The second-order valence-corrected chi connectivity index (χ2v) is 6.46. The number of carbonyl (C=O) groups is 2. The topological polar surface area (TPSA) is 88.3 Å². The maximum atomic E-state index is 12.3. The van der Waals surface area contributed by atoms with Crippen molar-refractivity contribution in [3.63, 3.8) is 0 Å². The highest BCUT2D eigenvalue weighted by molar-refractivity contribution is 5.95. The minimum atomic E-state index is -0.182. The van der Waals surface area contributed by atoms with E-state index in [2.05, 4.69) is 15.5 Å². The summed E-state index contributed by atoms with van der Waals surface area (Å²) in [7, 11) is 1.74. The molecule has 1 saturated carbocycles. The highest BCUT2D eigenvalue weighted by atomic mass is 16.5. The van der Waals surface area contributed by atoms with E-state index < -0.39 is 0 Å². The van der Waals surface area contributed by atoms with E-state index in [1.807, 2.05) is 0 Å². The zero-order valence-electron chi connectivity index (χ0n) is 13.4. The third-order valence-electron chi connectivity index (χ3n) is 4.45. The van der Waals surface area contributed by atoms with Crippen molar-refractivity contribution in [2.24, 2.45) is 0 Å². The number of hydrogen-bond donors (Lipinski definition) is 1. The number of benzene rings is 1. The fourth-order valence-electron chi connectivity index (χ4n) is 2.85. The molecule has 0 radical (unpaired) electrons. The number of carbonyl (C=O) groups excluding carboxylic acids is 2. The Morgan fingerprint density at radius 2 is 2.04 bits per heavy atom. The summed E-state index contributed by atoms with van der Waals surface area (Å²) in [5, 5.41) is 6.88. The molecule has 1 aromatic carbocycles. The lowest BCUT2D eigenvalue weighted by atomic mass is 10.1. The lowest BCUT2D eigenvalue weighted by Gasteiger charge is -2.12. The molecule has 2 amide bonds. The normalized spacial score (nSPS) is 20.5. The van der Waals surface area contributed by atoms with Crippen molar-refractivity contribution in [2.75, 3.05) is 13.6 Å². The first kappa shape index (κ1) is 14.9. The van der Waals surface area contributed by atoms with Crippen LogP contribution in [0.2, 0.25) is 0 Å². The summed E-state index contributed by atoms with van der Waals surface area (Å²) in [6, 6.07) is 6.92. The van der Waals surface area contributed by atoms with Gasteiger partial charge in [0, 0.05) is 37.1 Å². The molecule has 1 aromatic heterocycles. The van der Waals surface area contributed by atoms with E-state index >= 15 is 0 Å². The molecule has 0 unspecified atom stereocenters. The van der Waals surface area contributed by atoms with Crippen molar-refractivity contribution in [1.29, 1.82) is 0 Å². The molecule has 7 nitrogen and oxygen atoms in total. The minimum absolute atomic E-state index is 0.0542. The van der Waals surface area contributed by atoms with Gasteiger partial charge in [0.2, 0.25) is 5.91 Å². The second kappa shape index (κ2) is 5.74. The van der Waals surface area contributed by atoms with Crippen molar-refractivity contribution in [3.8, 4) is 11.5 Å². The molecule has 24 heavy (non-hydrogen) atoms. The first-order valence-corrected chi connectivity index (χ1v) is 8.09. The predicted molar refractivity (Wildman–Crippen MR) is 85.2 cm³/mol. The van der Waals surface area contributed by atoms with Crippen molar-refractivity contribution in [2.45, 2.75) is 31.2 Å². The van der Waals surface area contributed by atoms with E-state index in [1.165, 1.54) is 0 Å². The molecule has 2 heterocycles. The first-order valence-electron chi connectivity index (χ1n) is 8.09. The summed E-state index contributed by atoms with van der Waals surface area (Å²) in [5.41, 5.74) is 1.34. The van der Waals surface area contributed by atoms with Crippen LogP contribution in [-0.2, 0) is 4.79 Å². The number of likely N-dealkylation sites (N-methyl/N-ethyl adjacent to an activating group) is 1. The first-order chi connectivity index (χ1) is 11.6. The van der Waals surface area contributed by atoms with E-state index in [0.717, 1.165) is 24.2 Å². The predicted octanol–water partition coefficient (Wildman–Crippen LogP) is 1.57. The van der Waals surface area contributed by atoms with E-state index in [1.54, 1.807) is 36.2 Å². The fraction of sp³-hybridized carbons (Fsp3) is 0.412. The van der Waals surface area contributed by atoms with E-state index in [0.29, 0.717) is 30.3 Å². The largest absolute Gasteiger partial charge is 0.347 e. The molecule has 1 aliphatic heterocycles. The van der Waals surface area contributed by atoms with Crippen molar-refractivity contribution < 1.29 is 14.1 Å². The van der Waals surface area contributed by atoms with Gasteiger partial charge in [0.05, 0.1) is 6.04 Å². The zero-order chi connectivity index (χ0) is 16.7. The highest BCUT2D eigenvalue weighted by Crippen LogP contribution is 2.38. The van der Waals surface area contributed by atoms with Crippen LogP contribution in [0.1, 0.15) is 41.4 Å². The van der Waals surface area contributed by atoms with Crippen LogP contribution in [-0.4, -0.2) is 46.5 Å². The molecule has 124 valence electrons. The number of nitrogens with one attached hydrogen (secondary N) is 1. The van der Waals surface area contributed by atoms with Crippen molar-refractivity contribution in [3.05, 3.63) is 35.7 Å². The quantitative estimate of drug-likeness (QED) is 0.921. The summed E-state index contributed by atoms with van der Waals surface area (Å²) >= 11 is 0. The average Bonchev–Trinajstić information content (AvgIpc) is 3.22. The van der Waals surface area contributed by atoms with Gasteiger partial charge in [-0.3, -0.25) is 9.59 Å². The van der Waals surface area contributed by atoms with Gasteiger partial charge in [-0.1, -0.05) is 5.16 Å². The number of aromatic nitrogens is 2. The van der Waals surface area contributed by atoms with Crippen LogP contribution >= 0.6 is 0 Å². The van der Waals surface area contributed by atoms with Crippen LogP contribution in [0, 0.1) is 0 Å². The lowest BCUT2D eigenvalue weighted by Crippen LogP contribution is -2.36. The molecular formula is C17H18N4O3.